The monoisotopic (exact) mass is 303 g/mol. The molecule has 0 aromatic heterocycles. The van der Waals surface area contributed by atoms with Crippen LogP contribution in [-0.4, -0.2) is 13.2 Å². The first-order chi connectivity index (χ1) is 10.2. The zero-order valence-electron chi connectivity index (χ0n) is 12.6. The Morgan fingerprint density at radius 1 is 1.14 bits per heavy atom. The Labute approximate surface area is 132 Å². The summed E-state index contributed by atoms with van der Waals surface area (Å²) in [6.45, 7) is 5.86. The third-order valence-corrected chi connectivity index (χ3v) is 3.65. The highest BCUT2D eigenvalue weighted by Crippen LogP contribution is 2.21. The number of hydrogen-bond acceptors (Lipinski definition) is 2. The fourth-order valence-corrected chi connectivity index (χ4v) is 2.47. The van der Waals surface area contributed by atoms with Gasteiger partial charge in [0.2, 0.25) is 0 Å². The standard InChI is InChI=1S/C18H22ClNO/c1-3-11-20-18(17-10-5-4-7-14(17)2)13-21-16-9-6-8-15(19)12-16/h4-10,12,18,20H,3,11,13H2,1-2H3. The lowest BCUT2D eigenvalue weighted by atomic mass is 10.0. The summed E-state index contributed by atoms with van der Waals surface area (Å²) in [5.41, 5.74) is 2.56. The summed E-state index contributed by atoms with van der Waals surface area (Å²) in [6.07, 6.45) is 1.10. The Hall–Kier alpha value is -1.51. The van der Waals surface area contributed by atoms with Crippen LogP contribution >= 0.6 is 11.6 Å². The topological polar surface area (TPSA) is 21.3 Å². The quantitative estimate of drug-likeness (QED) is 0.795. The van der Waals surface area contributed by atoms with E-state index >= 15 is 0 Å². The third kappa shape index (κ3) is 4.76. The molecule has 0 bridgehead atoms. The van der Waals surface area contributed by atoms with E-state index in [1.54, 1.807) is 0 Å². The first-order valence-electron chi connectivity index (χ1n) is 7.38. The zero-order valence-corrected chi connectivity index (χ0v) is 13.4. The van der Waals surface area contributed by atoms with Gasteiger partial charge in [0.1, 0.15) is 12.4 Å². The van der Waals surface area contributed by atoms with E-state index in [9.17, 15) is 0 Å². The summed E-state index contributed by atoms with van der Waals surface area (Å²) >= 11 is 5.99. The van der Waals surface area contributed by atoms with Crippen molar-refractivity contribution in [3.8, 4) is 5.75 Å². The molecule has 2 aromatic carbocycles. The van der Waals surface area contributed by atoms with E-state index in [4.69, 9.17) is 16.3 Å². The molecule has 112 valence electrons. The molecule has 0 aliphatic heterocycles. The Morgan fingerprint density at radius 3 is 2.67 bits per heavy atom. The molecule has 3 heteroatoms. The van der Waals surface area contributed by atoms with Crippen molar-refractivity contribution in [1.82, 2.24) is 5.32 Å². The Bertz CT molecular complexity index is 571. The maximum Gasteiger partial charge on any atom is 0.120 e. The lowest BCUT2D eigenvalue weighted by molar-refractivity contribution is 0.266. The summed E-state index contributed by atoms with van der Waals surface area (Å²) < 4.78 is 5.91. The van der Waals surface area contributed by atoms with E-state index in [0.29, 0.717) is 11.6 Å². The summed E-state index contributed by atoms with van der Waals surface area (Å²) in [6, 6.07) is 16.1. The molecule has 0 saturated carbocycles. The molecular formula is C18H22ClNO. The normalized spacial score (nSPS) is 12.1. The summed E-state index contributed by atoms with van der Waals surface area (Å²) in [4.78, 5) is 0. The van der Waals surface area contributed by atoms with E-state index in [1.165, 1.54) is 11.1 Å². The molecule has 0 spiro atoms. The highest BCUT2D eigenvalue weighted by atomic mass is 35.5. The number of halogens is 1. The average Bonchev–Trinajstić information content (AvgIpc) is 2.48. The number of aryl methyl sites for hydroxylation is 1. The van der Waals surface area contributed by atoms with Crippen molar-refractivity contribution in [2.75, 3.05) is 13.2 Å². The van der Waals surface area contributed by atoms with Crippen LogP contribution in [0.4, 0.5) is 0 Å². The molecular weight excluding hydrogens is 282 g/mol. The fraction of sp³-hybridized carbons (Fsp3) is 0.333. The van der Waals surface area contributed by atoms with Gasteiger partial charge in [0.25, 0.3) is 0 Å². The van der Waals surface area contributed by atoms with Gasteiger partial charge >= 0.3 is 0 Å². The largest absolute Gasteiger partial charge is 0.492 e. The fourth-order valence-electron chi connectivity index (χ4n) is 2.29. The van der Waals surface area contributed by atoms with Gasteiger partial charge in [-0.3, -0.25) is 0 Å². The minimum atomic E-state index is 0.185. The minimum absolute atomic E-state index is 0.185. The van der Waals surface area contributed by atoms with Crippen molar-refractivity contribution in [3.05, 3.63) is 64.7 Å². The van der Waals surface area contributed by atoms with Gasteiger partial charge in [-0.15, -0.1) is 0 Å². The van der Waals surface area contributed by atoms with E-state index in [-0.39, 0.29) is 6.04 Å². The van der Waals surface area contributed by atoms with Crippen molar-refractivity contribution in [3.63, 3.8) is 0 Å². The van der Waals surface area contributed by atoms with Gasteiger partial charge < -0.3 is 10.1 Å². The van der Waals surface area contributed by atoms with Gasteiger partial charge in [-0.05, 0) is 49.2 Å². The number of hydrogen-bond donors (Lipinski definition) is 1. The minimum Gasteiger partial charge on any atom is -0.492 e. The highest BCUT2D eigenvalue weighted by molar-refractivity contribution is 6.30. The molecule has 0 amide bonds. The maximum atomic E-state index is 5.99. The van der Waals surface area contributed by atoms with E-state index < -0.39 is 0 Å². The van der Waals surface area contributed by atoms with Gasteiger partial charge in [0.05, 0.1) is 6.04 Å². The number of benzene rings is 2. The third-order valence-electron chi connectivity index (χ3n) is 3.42. The van der Waals surface area contributed by atoms with E-state index in [1.807, 2.05) is 24.3 Å². The molecule has 0 fully saturated rings. The molecule has 0 saturated heterocycles. The van der Waals surface area contributed by atoms with Crippen molar-refractivity contribution in [2.24, 2.45) is 0 Å². The molecule has 2 aromatic rings. The van der Waals surface area contributed by atoms with Crippen LogP contribution < -0.4 is 10.1 Å². The molecule has 0 radical (unpaired) electrons. The van der Waals surface area contributed by atoms with Crippen molar-refractivity contribution in [1.29, 1.82) is 0 Å². The van der Waals surface area contributed by atoms with Gasteiger partial charge in [0.15, 0.2) is 0 Å². The lowest BCUT2D eigenvalue weighted by Crippen LogP contribution is -2.28. The van der Waals surface area contributed by atoms with E-state index in [0.717, 1.165) is 18.7 Å². The molecule has 21 heavy (non-hydrogen) atoms. The maximum absolute atomic E-state index is 5.99. The number of rotatable bonds is 7. The molecule has 0 heterocycles. The van der Waals surface area contributed by atoms with Crippen LogP contribution in [0, 0.1) is 6.92 Å². The predicted molar refractivity (Wildman–Crippen MR) is 89.2 cm³/mol. The van der Waals surface area contributed by atoms with Gasteiger partial charge in [-0.25, -0.2) is 0 Å². The Kier molecular flexibility index (Phi) is 6.09. The summed E-state index contributed by atoms with van der Waals surface area (Å²) in [7, 11) is 0. The number of ether oxygens (including phenoxy) is 1. The van der Waals surface area contributed by atoms with Gasteiger partial charge in [-0.1, -0.05) is 48.9 Å². The second-order valence-electron chi connectivity index (χ2n) is 5.13. The molecule has 1 unspecified atom stereocenters. The van der Waals surface area contributed by atoms with Crippen LogP contribution in [0.3, 0.4) is 0 Å². The predicted octanol–water partition coefficient (Wildman–Crippen LogP) is 4.77. The van der Waals surface area contributed by atoms with Crippen LogP contribution in [0.2, 0.25) is 5.02 Å². The molecule has 0 aliphatic carbocycles. The average molecular weight is 304 g/mol. The van der Waals surface area contributed by atoms with Crippen molar-refractivity contribution in [2.45, 2.75) is 26.3 Å². The molecule has 2 rings (SSSR count). The van der Waals surface area contributed by atoms with Crippen molar-refractivity contribution >= 4 is 11.6 Å². The van der Waals surface area contributed by atoms with E-state index in [2.05, 4.69) is 43.4 Å². The zero-order chi connectivity index (χ0) is 15.1. The second-order valence-corrected chi connectivity index (χ2v) is 5.57. The summed E-state index contributed by atoms with van der Waals surface area (Å²) in [5.74, 6) is 0.805. The molecule has 1 atom stereocenters. The van der Waals surface area contributed by atoms with Crippen LogP contribution in [0.25, 0.3) is 0 Å². The molecule has 2 nitrogen and oxygen atoms in total. The van der Waals surface area contributed by atoms with Crippen LogP contribution in [0.5, 0.6) is 5.75 Å². The molecule has 0 aliphatic rings. The Morgan fingerprint density at radius 2 is 1.95 bits per heavy atom. The smallest absolute Gasteiger partial charge is 0.120 e. The first-order valence-corrected chi connectivity index (χ1v) is 7.75. The SMILES string of the molecule is CCCNC(COc1cccc(Cl)c1)c1ccccc1C. The van der Waals surface area contributed by atoms with Crippen molar-refractivity contribution < 1.29 is 4.74 Å². The van der Waals surface area contributed by atoms with Crippen LogP contribution in [0.15, 0.2) is 48.5 Å². The second kappa shape index (κ2) is 8.06. The highest BCUT2D eigenvalue weighted by Gasteiger charge is 2.13. The molecule has 1 N–H and O–H groups in total. The lowest BCUT2D eigenvalue weighted by Gasteiger charge is -2.21. The Balaban J connectivity index is 2.08. The van der Waals surface area contributed by atoms with Crippen LogP contribution in [-0.2, 0) is 0 Å². The summed E-state index contributed by atoms with van der Waals surface area (Å²) in [5, 5.41) is 4.25. The van der Waals surface area contributed by atoms with Gasteiger partial charge in [0, 0.05) is 5.02 Å². The first kappa shape index (κ1) is 15.9. The number of nitrogens with one attached hydrogen (secondary N) is 1. The van der Waals surface area contributed by atoms with Crippen LogP contribution in [0.1, 0.15) is 30.5 Å². The van der Waals surface area contributed by atoms with Gasteiger partial charge in [-0.2, -0.15) is 0 Å².